The minimum absolute atomic E-state index is 0. The van der Waals surface area contributed by atoms with Crippen molar-refractivity contribution in [2.75, 3.05) is 19.6 Å². The smallest absolute Gasteiger partial charge is 0.279 e. The Morgan fingerprint density at radius 2 is 2.13 bits per heavy atom. The predicted molar refractivity (Wildman–Crippen MR) is 63.2 cm³/mol. The van der Waals surface area contributed by atoms with Crippen LogP contribution >= 0.6 is 12.4 Å². The molecular formula is C8H20ClN3O2S. The van der Waals surface area contributed by atoms with Crippen LogP contribution in [0.5, 0.6) is 0 Å². The zero-order valence-corrected chi connectivity index (χ0v) is 10.6. The number of piperidine rings is 1. The molecule has 15 heavy (non-hydrogen) atoms. The molecule has 1 aliphatic rings. The topological polar surface area (TPSA) is 75.4 Å². The zero-order valence-electron chi connectivity index (χ0n) is 8.98. The molecule has 92 valence electrons. The van der Waals surface area contributed by atoms with Crippen LogP contribution in [0.15, 0.2) is 0 Å². The maximum absolute atomic E-state index is 11.7. The van der Waals surface area contributed by atoms with Crippen molar-refractivity contribution >= 4 is 22.6 Å². The summed E-state index contributed by atoms with van der Waals surface area (Å²) in [6, 6.07) is 0.110. The molecule has 0 aromatic carbocycles. The third-order valence-electron chi connectivity index (χ3n) is 2.48. The van der Waals surface area contributed by atoms with Gasteiger partial charge >= 0.3 is 0 Å². The largest absolute Gasteiger partial charge is 0.329 e. The fourth-order valence-electron chi connectivity index (χ4n) is 1.70. The lowest BCUT2D eigenvalue weighted by molar-refractivity contribution is 0.265. The van der Waals surface area contributed by atoms with Crippen molar-refractivity contribution in [1.82, 2.24) is 9.03 Å². The summed E-state index contributed by atoms with van der Waals surface area (Å²) >= 11 is 0. The van der Waals surface area contributed by atoms with Gasteiger partial charge in [0.1, 0.15) is 0 Å². The van der Waals surface area contributed by atoms with Gasteiger partial charge in [0.05, 0.1) is 0 Å². The van der Waals surface area contributed by atoms with Crippen LogP contribution < -0.4 is 10.5 Å². The quantitative estimate of drug-likeness (QED) is 0.749. The highest BCUT2D eigenvalue weighted by Gasteiger charge is 2.28. The molecule has 1 atom stereocenters. The summed E-state index contributed by atoms with van der Waals surface area (Å²) < 4.78 is 27.4. The van der Waals surface area contributed by atoms with Crippen molar-refractivity contribution in [3.8, 4) is 0 Å². The van der Waals surface area contributed by atoms with Gasteiger partial charge in [-0.3, -0.25) is 0 Å². The van der Waals surface area contributed by atoms with Crippen LogP contribution in [-0.2, 0) is 10.2 Å². The number of nitrogens with zero attached hydrogens (tertiary/aromatic N) is 1. The molecule has 1 aliphatic heterocycles. The molecule has 1 fully saturated rings. The van der Waals surface area contributed by atoms with E-state index >= 15 is 0 Å². The molecule has 1 unspecified atom stereocenters. The van der Waals surface area contributed by atoms with Gasteiger partial charge in [-0.2, -0.15) is 12.7 Å². The fraction of sp³-hybridized carbons (Fsp3) is 1.00. The third-order valence-corrected chi connectivity index (χ3v) is 4.21. The van der Waals surface area contributed by atoms with Crippen LogP contribution in [-0.4, -0.2) is 38.4 Å². The first-order valence-corrected chi connectivity index (χ1v) is 6.48. The van der Waals surface area contributed by atoms with Gasteiger partial charge in [0, 0.05) is 25.7 Å². The fourth-order valence-corrected chi connectivity index (χ4v) is 3.19. The SMILES string of the molecule is CC1CCCCN1S(=O)(=O)NCCN.Cl. The van der Waals surface area contributed by atoms with Gasteiger partial charge in [0.25, 0.3) is 10.2 Å². The Labute approximate surface area is 98.0 Å². The van der Waals surface area contributed by atoms with Crippen LogP contribution in [0.25, 0.3) is 0 Å². The normalized spacial score (nSPS) is 23.5. The minimum Gasteiger partial charge on any atom is -0.329 e. The van der Waals surface area contributed by atoms with Gasteiger partial charge in [-0.15, -0.1) is 12.4 Å². The second-order valence-electron chi connectivity index (χ2n) is 3.64. The van der Waals surface area contributed by atoms with E-state index in [2.05, 4.69) is 4.72 Å². The van der Waals surface area contributed by atoms with Crippen LogP contribution in [0.2, 0.25) is 0 Å². The molecule has 5 nitrogen and oxygen atoms in total. The number of rotatable bonds is 4. The highest BCUT2D eigenvalue weighted by molar-refractivity contribution is 7.87. The third kappa shape index (κ3) is 4.24. The molecule has 3 N–H and O–H groups in total. The van der Waals surface area contributed by atoms with E-state index in [1.807, 2.05) is 6.92 Å². The molecule has 1 rings (SSSR count). The molecule has 0 bridgehead atoms. The highest BCUT2D eigenvalue weighted by atomic mass is 35.5. The van der Waals surface area contributed by atoms with Crippen molar-refractivity contribution in [2.24, 2.45) is 5.73 Å². The highest BCUT2D eigenvalue weighted by Crippen LogP contribution is 2.18. The molecule has 0 spiro atoms. The van der Waals surface area contributed by atoms with E-state index in [1.165, 1.54) is 4.31 Å². The Kier molecular flexibility index (Phi) is 6.70. The lowest BCUT2D eigenvalue weighted by Crippen LogP contribution is -2.48. The lowest BCUT2D eigenvalue weighted by atomic mass is 10.1. The second kappa shape index (κ2) is 6.65. The van der Waals surface area contributed by atoms with E-state index in [9.17, 15) is 8.42 Å². The van der Waals surface area contributed by atoms with E-state index in [-0.39, 0.29) is 18.4 Å². The van der Waals surface area contributed by atoms with Crippen molar-refractivity contribution in [3.05, 3.63) is 0 Å². The maximum atomic E-state index is 11.7. The van der Waals surface area contributed by atoms with E-state index in [1.54, 1.807) is 0 Å². The first-order valence-electron chi connectivity index (χ1n) is 5.04. The summed E-state index contributed by atoms with van der Waals surface area (Å²) in [6.07, 6.45) is 3.02. The van der Waals surface area contributed by atoms with Gasteiger partial charge in [0.15, 0.2) is 0 Å². The number of hydrogen-bond donors (Lipinski definition) is 2. The van der Waals surface area contributed by atoms with Crippen LogP contribution in [0.3, 0.4) is 0 Å². The Bertz CT molecular complexity index is 271. The standard InChI is InChI=1S/C8H19N3O2S.ClH/c1-8-4-2-3-7-11(8)14(12,13)10-6-5-9;/h8,10H,2-7,9H2,1H3;1H. The summed E-state index contributed by atoms with van der Waals surface area (Å²) in [7, 11) is -3.29. The van der Waals surface area contributed by atoms with Crippen molar-refractivity contribution in [2.45, 2.75) is 32.2 Å². The van der Waals surface area contributed by atoms with Crippen molar-refractivity contribution in [1.29, 1.82) is 0 Å². The summed E-state index contributed by atoms with van der Waals surface area (Å²) in [6.45, 7) is 3.22. The van der Waals surface area contributed by atoms with Crippen LogP contribution in [0.1, 0.15) is 26.2 Å². The van der Waals surface area contributed by atoms with Crippen LogP contribution in [0.4, 0.5) is 0 Å². The summed E-state index contributed by atoms with van der Waals surface area (Å²) in [4.78, 5) is 0. The molecule has 0 aromatic rings. The first kappa shape index (κ1) is 15.1. The van der Waals surface area contributed by atoms with Gasteiger partial charge in [-0.1, -0.05) is 6.42 Å². The predicted octanol–water partition coefficient (Wildman–Crippen LogP) is 0.0757. The second-order valence-corrected chi connectivity index (χ2v) is 5.35. The first-order chi connectivity index (χ1) is 6.58. The van der Waals surface area contributed by atoms with E-state index < -0.39 is 10.2 Å². The molecule has 0 saturated carbocycles. The molecule has 7 heteroatoms. The molecule has 0 aromatic heterocycles. The Balaban J connectivity index is 0.00000196. The minimum atomic E-state index is -3.29. The van der Waals surface area contributed by atoms with Gasteiger partial charge in [-0.25, -0.2) is 4.72 Å². The molecule has 0 radical (unpaired) electrons. The molecule has 1 saturated heterocycles. The number of hydrogen-bond acceptors (Lipinski definition) is 3. The summed E-state index contributed by atoms with van der Waals surface area (Å²) in [5, 5.41) is 0. The Hall–Kier alpha value is 0.120. The summed E-state index contributed by atoms with van der Waals surface area (Å²) in [5.41, 5.74) is 5.25. The molecule has 0 amide bonds. The van der Waals surface area contributed by atoms with Crippen LogP contribution in [0, 0.1) is 0 Å². The van der Waals surface area contributed by atoms with Crippen molar-refractivity contribution in [3.63, 3.8) is 0 Å². The van der Waals surface area contributed by atoms with E-state index in [0.29, 0.717) is 19.6 Å². The monoisotopic (exact) mass is 257 g/mol. The van der Waals surface area contributed by atoms with E-state index in [4.69, 9.17) is 5.73 Å². The molecule has 1 heterocycles. The Morgan fingerprint density at radius 3 is 2.67 bits per heavy atom. The number of halogens is 1. The van der Waals surface area contributed by atoms with Gasteiger partial charge in [0.2, 0.25) is 0 Å². The maximum Gasteiger partial charge on any atom is 0.279 e. The average Bonchev–Trinajstić information content (AvgIpc) is 2.15. The molecular weight excluding hydrogens is 238 g/mol. The van der Waals surface area contributed by atoms with Gasteiger partial charge < -0.3 is 5.73 Å². The lowest BCUT2D eigenvalue weighted by Gasteiger charge is -2.32. The van der Waals surface area contributed by atoms with Gasteiger partial charge in [-0.05, 0) is 19.8 Å². The molecule has 0 aliphatic carbocycles. The zero-order chi connectivity index (χ0) is 10.6. The average molecular weight is 258 g/mol. The van der Waals surface area contributed by atoms with E-state index in [0.717, 1.165) is 19.3 Å². The number of nitrogens with one attached hydrogen (secondary N) is 1. The summed E-state index contributed by atoms with van der Waals surface area (Å²) in [5.74, 6) is 0. The van der Waals surface area contributed by atoms with Crippen molar-refractivity contribution < 1.29 is 8.42 Å². The number of nitrogens with two attached hydrogens (primary N) is 1. The Morgan fingerprint density at radius 1 is 1.47 bits per heavy atom.